The molecule has 6 heteroatoms. The minimum atomic E-state index is -0.209. The van der Waals surface area contributed by atoms with E-state index >= 15 is 0 Å². The standard InChI is InChI=1S/C17H20FN3O2/c1-12-16(20-23-19-12)17(22)21-10-2-3-14(11-21)5-4-13-6-8-15(18)9-7-13/h6-9,14H,2-5,10-11H2,1H3. The molecule has 0 saturated carbocycles. The smallest absolute Gasteiger partial charge is 0.278 e. The second-order valence-electron chi connectivity index (χ2n) is 6.12. The first-order valence-corrected chi connectivity index (χ1v) is 7.96. The highest BCUT2D eigenvalue weighted by Gasteiger charge is 2.27. The van der Waals surface area contributed by atoms with E-state index in [1.54, 1.807) is 6.92 Å². The van der Waals surface area contributed by atoms with Crippen molar-refractivity contribution in [2.75, 3.05) is 13.1 Å². The third-order valence-corrected chi connectivity index (χ3v) is 4.42. The fraction of sp³-hybridized carbons (Fsp3) is 0.471. The van der Waals surface area contributed by atoms with Gasteiger partial charge in [0, 0.05) is 13.1 Å². The summed E-state index contributed by atoms with van der Waals surface area (Å²) < 4.78 is 17.5. The number of carbonyl (C=O) groups excluding carboxylic acids is 1. The zero-order chi connectivity index (χ0) is 16.2. The van der Waals surface area contributed by atoms with Crippen molar-refractivity contribution in [1.82, 2.24) is 15.2 Å². The van der Waals surface area contributed by atoms with Gasteiger partial charge in [0.25, 0.3) is 5.91 Å². The summed E-state index contributed by atoms with van der Waals surface area (Å²) in [7, 11) is 0. The van der Waals surface area contributed by atoms with Gasteiger partial charge in [0.2, 0.25) is 0 Å². The third-order valence-electron chi connectivity index (χ3n) is 4.42. The molecule has 1 aliphatic rings. The lowest BCUT2D eigenvalue weighted by Gasteiger charge is -2.32. The first-order chi connectivity index (χ1) is 11.1. The molecule has 5 nitrogen and oxygen atoms in total. The fourth-order valence-electron chi connectivity index (χ4n) is 3.08. The van der Waals surface area contributed by atoms with Crippen LogP contribution in [0.25, 0.3) is 0 Å². The molecule has 1 fully saturated rings. The van der Waals surface area contributed by atoms with Gasteiger partial charge in [-0.25, -0.2) is 9.02 Å². The van der Waals surface area contributed by atoms with Crippen molar-refractivity contribution >= 4 is 5.91 Å². The molecule has 23 heavy (non-hydrogen) atoms. The zero-order valence-corrected chi connectivity index (χ0v) is 13.2. The molecular formula is C17H20FN3O2. The molecular weight excluding hydrogens is 297 g/mol. The minimum absolute atomic E-state index is 0.102. The summed E-state index contributed by atoms with van der Waals surface area (Å²) in [6, 6.07) is 6.63. The van der Waals surface area contributed by atoms with Crippen LogP contribution in [0.5, 0.6) is 0 Å². The van der Waals surface area contributed by atoms with E-state index in [0.717, 1.165) is 44.3 Å². The van der Waals surface area contributed by atoms with E-state index < -0.39 is 0 Å². The van der Waals surface area contributed by atoms with E-state index in [-0.39, 0.29) is 11.7 Å². The third kappa shape index (κ3) is 3.75. The van der Waals surface area contributed by atoms with Crippen LogP contribution in [-0.2, 0) is 6.42 Å². The number of carbonyl (C=O) groups is 1. The molecule has 0 aliphatic carbocycles. The second kappa shape index (κ2) is 6.89. The summed E-state index contributed by atoms with van der Waals surface area (Å²) in [6.45, 7) is 3.20. The number of nitrogens with zero attached hydrogens (tertiary/aromatic N) is 3. The van der Waals surface area contributed by atoms with Crippen molar-refractivity contribution in [2.24, 2.45) is 5.92 Å². The Morgan fingerprint density at radius 2 is 2.13 bits per heavy atom. The Balaban J connectivity index is 1.57. The first-order valence-electron chi connectivity index (χ1n) is 7.96. The van der Waals surface area contributed by atoms with Crippen molar-refractivity contribution in [2.45, 2.75) is 32.6 Å². The van der Waals surface area contributed by atoms with Crippen molar-refractivity contribution in [3.8, 4) is 0 Å². The van der Waals surface area contributed by atoms with Crippen LogP contribution in [0.3, 0.4) is 0 Å². The van der Waals surface area contributed by atoms with Gasteiger partial charge < -0.3 is 4.90 Å². The Morgan fingerprint density at radius 3 is 2.83 bits per heavy atom. The van der Waals surface area contributed by atoms with E-state index in [1.807, 2.05) is 17.0 Å². The molecule has 1 aliphatic heterocycles. The summed E-state index contributed by atoms with van der Waals surface area (Å²) in [6.07, 6.45) is 3.99. The monoisotopic (exact) mass is 317 g/mol. The van der Waals surface area contributed by atoms with Crippen molar-refractivity contribution < 1.29 is 13.8 Å². The Hall–Kier alpha value is -2.24. The molecule has 1 unspecified atom stereocenters. The predicted octanol–water partition coefficient (Wildman–Crippen LogP) is 3.00. The second-order valence-corrected chi connectivity index (χ2v) is 6.12. The lowest BCUT2D eigenvalue weighted by Crippen LogP contribution is -2.40. The summed E-state index contributed by atoms with van der Waals surface area (Å²) in [5, 5.41) is 7.38. The number of likely N-dealkylation sites (tertiary alicyclic amines) is 1. The molecule has 0 spiro atoms. The number of amides is 1. The van der Waals surface area contributed by atoms with Crippen LogP contribution >= 0.6 is 0 Å². The molecule has 1 saturated heterocycles. The molecule has 1 aromatic carbocycles. The predicted molar refractivity (Wildman–Crippen MR) is 82.4 cm³/mol. The number of hydrogen-bond donors (Lipinski definition) is 0. The number of aromatic nitrogens is 2. The van der Waals surface area contributed by atoms with Crippen LogP contribution in [0.4, 0.5) is 4.39 Å². The van der Waals surface area contributed by atoms with E-state index in [1.165, 1.54) is 12.1 Å². The van der Waals surface area contributed by atoms with Gasteiger partial charge in [-0.15, -0.1) is 0 Å². The van der Waals surface area contributed by atoms with Gasteiger partial charge in [-0.3, -0.25) is 4.79 Å². The van der Waals surface area contributed by atoms with Gasteiger partial charge in [-0.05, 0) is 61.4 Å². The Bertz CT molecular complexity index is 669. The number of piperidine rings is 1. The summed E-state index contributed by atoms with van der Waals surface area (Å²) in [4.78, 5) is 14.3. The Labute approximate surface area is 134 Å². The van der Waals surface area contributed by atoms with Gasteiger partial charge in [0.15, 0.2) is 5.69 Å². The van der Waals surface area contributed by atoms with Gasteiger partial charge in [-0.2, -0.15) is 0 Å². The van der Waals surface area contributed by atoms with E-state index in [4.69, 9.17) is 0 Å². The topological polar surface area (TPSA) is 59.2 Å². The molecule has 2 heterocycles. The number of rotatable bonds is 4. The molecule has 3 rings (SSSR count). The maximum Gasteiger partial charge on any atom is 0.278 e. The lowest BCUT2D eigenvalue weighted by atomic mass is 9.91. The average molecular weight is 317 g/mol. The van der Waals surface area contributed by atoms with Gasteiger partial charge >= 0.3 is 0 Å². The highest BCUT2D eigenvalue weighted by atomic mass is 19.1. The van der Waals surface area contributed by atoms with Gasteiger partial charge in [0.1, 0.15) is 11.5 Å². The maximum atomic E-state index is 12.9. The highest BCUT2D eigenvalue weighted by molar-refractivity contribution is 5.93. The van der Waals surface area contributed by atoms with Crippen LogP contribution in [-0.4, -0.2) is 34.2 Å². The van der Waals surface area contributed by atoms with Crippen LogP contribution in [0.1, 0.15) is 41.0 Å². The normalized spacial score (nSPS) is 18.2. The number of halogens is 1. The highest BCUT2D eigenvalue weighted by Crippen LogP contribution is 2.23. The van der Waals surface area contributed by atoms with Crippen molar-refractivity contribution in [3.05, 3.63) is 47.0 Å². The fourth-order valence-corrected chi connectivity index (χ4v) is 3.08. The summed E-state index contributed by atoms with van der Waals surface area (Å²) in [5.74, 6) is 0.146. The van der Waals surface area contributed by atoms with Crippen LogP contribution in [0.15, 0.2) is 28.9 Å². The minimum Gasteiger partial charge on any atom is -0.337 e. The molecule has 1 amide bonds. The number of aryl methyl sites for hydroxylation is 2. The quantitative estimate of drug-likeness (QED) is 0.870. The number of benzene rings is 1. The average Bonchev–Trinajstić information content (AvgIpc) is 3.00. The Kier molecular flexibility index (Phi) is 4.69. The SMILES string of the molecule is Cc1nonc1C(=O)N1CCCC(CCc2ccc(F)cc2)C1. The van der Waals surface area contributed by atoms with Gasteiger partial charge in [-0.1, -0.05) is 17.3 Å². The Morgan fingerprint density at radius 1 is 1.35 bits per heavy atom. The largest absolute Gasteiger partial charge is 0.337 e. The molecule has 1 aromatic heterocycles. The summed E-state index contributed by atoms with van der Waals surface area (Å²) >= 11 is 0. The van der Waals surface area contributed by atoms with E-state index in [0.29, 0.717) is 17.3 Å². The van der Waals surface area contributed by atoms with Crippen LogP contribution in [0.2, 0.25) is 0 Å². The molecule has 0 radical (unpaired) electrons. The van der Waals surface area contributed by atoms with Crippen LogP contribution in [0, 0.1) is 18.7 Å². The molecule has 2 aromatic rings. The van der Waals surface area contributed by atoms with E-state index in [2.05, 4.69) is 14.9 Å². The van der Waals surface area contributed by atoms with Gasteiger partial charge in [0.05, 0.1) is 0 Å². The van der Waals surface area contributed by atoms with Crippen LogP contribution < -0.4 is 0 Å². The zero-order valence-electron chi connectivity index (χ0n) is 13.2. The summed E-state index contributed by atoms with van der Waals surface area (Å²) in [5.41, 5.74) is 1.97. The first kappa shape index (κ1) is 15.6. The van der Waals surface area contributed by atoms with E-state index in [9.17, 15) is 9.18 Å². The molecule has 0 N–H and O–H groups in total. The molecule has 122 valence electrons. The maximum absolute atomic E-state index is 12.9. The molecule has 1 atom stereocenters. The lowest BCUT2D eigenvalue weighted by molar-refractivity contribution is 0.0656. The molecule has 0 bridgehead atoms. The van der Waals surface area contributed by atoms with Crippen molar-refractivity contribution in [3.63, 3.8) is 0 Å². The van der Waals surface area contributed by atoms with Crippen molar-refractivity contribution in [1.29, 1.82) is 0 Å². The number of hydrogen-bond acceptors (Lipinski definition) is 4.